The summed E-state index contributed by atoms with van der Waals surface area (Å²) in [6, 6.07) is 0. The lowest BCUT2D eigenvalue weighted by Gasteiger charge is -1.97. The van der Waals surface area contributed by atoms with E-state index in [1.807, 2.05) is 6.08 Å². The van der Waals surface area contributed by atoms with Gasteiger partial charge in [0.25, 0.3) is 0 Å². The summed E-state index contributed by atoms with van der Waals surface area (Å²) < 4.78 is 0. The van der Waals surface area contributed by atoms with Crippen LogP contribution in [-0.2, 0) is 0 Å². The van der Waals surface area contributed by atoms with Crippen molar-refractivity contribution in [3.63, 3.8) is 0 Å². The maximum absolute atomic E-state index is 3.76. The van der Waals surface area contributed by atoms with Crippen molar-refractivity contribution in [1.82, 2.24) is 10.6 Å². The first-order valence-corrected chi connectivity index (χ1v) is 5.52. The van der Waals surface area contributed by atoms with E-state index in [-0.39, 0.29) is 0 Å². The molecule has 15 heavy (non-hydrogen) atoms. The molecular weight excluding hydrogens is 184 g/mol. The summed E-state index contributed by atoms with van der Waals surface area (Å²) in [6.07, 6.45) is 10.5. The zero-order valence-electron chi connectivity index (χ0n) is 9.64. The molecule has 0 amide bonds. The topological polar surface area (TPSA) is 24.1 Å². The zero-order chi connectivity index (χ0) is 11.1. The summed E-state index contributed by atoms with van der Waals surface area (Å²) in [5, 5.41) is 6.45. The van der Waals surface area contributed by atoms with Gasteiger partial charge < -0.3 is 10.6 Å². The lowest BCUT2D eigenvalue weighted by Crippen LogP contribution is -2.14. The van der Waals surface area contributed by atoms with Gasteiger partial charge >= 0.3 is 0 Å². The van der Waals surface area contributed by atoms with Crippen LogP contribution in [0.2, 0.25) is 0 Å². The molecule has 1 aliphatic heterocycles. The van der Waals surface area contributed by atoms with Crippen LogP contribution in [0.25, 0.3) is 0 Å². The second kappa shape index (κ2) is 6.12. The van der Waals surface area contributed by atoms with Crippen LogP contribution in [0.1, 0.15) is 26.7 Å². The Morgan fingerprint density at radius 1 is 1.27 bits per heavy atom. The van der Waals surface area contributed by atoms with Gasteiger partial charge in [-0.2, -0.15) is 0 Å². The Morgan fingerprint density at radius 2 is 1.93 bits per heavy atom. The van der Waals surface area contributed by atoms with Crippen molar-refractivity contribution in [2.75, 3.05) is 6.67 Å². The van der Waals surface area contributed by atoms with Crippen LogP contribution in [0.3, 0.4) is 0 Å². The van der Waals surface area contributed by atoms with E-state index in [1.54, 1.807) is 0 Å². The van der Waals surface area contributed by atoms with Crippen molar-refractivity contribution in [3.8, 4) is 0 Å². The summed E-state index contributed by atoms with van der Waals surface area (Å²) in [5.41, 5.74) is 3.67. The molecule has 0 fully saturated rings. The molecule has 0 saturated heterocycles. The Kier molecular flexibility index (Phi) is 4.75. The molecule has 0 spiro atoms. The molecule has 0 atom stereocenters. The molecule has 0 aromatic carbocycles. The van der Waals surface area contributed by atoms with Gasteiger partial charge in [-0.05, 0) is 25.0 Å². The van der Waals surface area contributed by atoms with E-state index in [1.165, 1.54) is 5.57 Å². The summed E-state index contributed by atoms with van der Waals surface area (Å²) in [4.78, 5) is 0. The van der Waals surface area contributed by atoms with E-state index in [0.717, 1.165) is 30.9 Å². The minimum absolute atomic E-state index is 0.791. The van der Waals surface area contributed by atoms with Gasteiger partial charge in [0, 0.05) is 0 Å². The van der Waals surface area contributed by atoms with E-state index < -0.39 is 0 Å². The third-order valence-electron chi connectivity index (χ3n) is 2.56. The van der Waals surface area contributed by atoms with Gasteiger partial charge in [0.15, 0.2) is 0 Å². The van der Waals surface area contributed by atoms with E-state index >= 15 is 0 Å². The molecule has 2 heteroatoms. The van der Waals surface area contributed by atoms with Crippen molar-refractivity contribution in [2.45, 2.75) is 26.7 Å². The Labute approximate surface area is 92.5 Å². The highest BCUT2D eigenvalue weighted by Gasteiger charge is 2.05. The van der Waals surface area contributed by atoms with E-state index in [4.69, 9.17) is 0 Å². The van der Waals surface area contributed by atoms with Crippen molar-refractivity contribution in [1.29, 1.82) is 0 Å². The van der Waals surface area contributed by atoms with Crippen molar-refractivity contribution in [2.24, 2.45) is 0 Å². The fourth-order valence-corrected chi connectivity index (χ4v) is 1.52. The SMILES string of the molecule is C=CC1=C(/C=C/C=C(CC)CC)NCN1. The molecule has 2 N–H and O–H groups in total. The van der Waals surface area contributed by atoms with E-state index in [9.17, 15) is 0 Å². The lowest BCUT2D eigenvalue weighted by atomic mass is 10.1. The fraction of sp³-hybridized carbons (Fsp3) is 0.385. The molecule has 1 heterocycles. The van der Waals surface area contributed by atoms with Crippen molar-refractivity contribution in [3.05, 3.63) is 47.9 Å². The van der Waals surface area contributed by atoms with Crippen molar-refractivity contribution < 1.29 is 0 Å². The molecule has 0 saturated carbocycles. The first kappa shape index (κ1) is 11.6. The van der Waals surface area contributed by atoms with Gasteiger partial charge in [-0.15, -0.1) is 0 Å². The highest BCUT2D eigenvalue weighted by Crippen LogP contribution is 2.08. The standard InChI is InChI=1S/C13H20N2/c1-4-11(5-2)8-7-9-13-12(6-3)14-10-15-13/h6-9,14-15H,3-5,10H2,1-2H3/b9-7+. The quantitative estimate of drug-likeness (QED) is 0.673. The summed E-state index contributed by atoms with van der Waals surface area (Å²) in [5.74, 6) is 0. The van der Waals surface area contributed by atoms with Gasteiger partial charge in [0.05, 0.1) is 18.1 Å². The third kappa shape index (κ3) is 3.31. The average Bonchev–Trinajstić information content (AvgIpc) is 2.72. The second-order valence-corrected chi connectivity index (χ2v) is 3.45. The fourth-order valence-electron chi connectivity index (χ4n) is 1.52. The molecule has 0 bridgehead atoms. The second-order valence-electron chi connectivity index (χ2n) is 3.45. The monoisotopic (exact) mass is 204 g/mol. The highest BCUT2D eigenvalue weighted by atomic mass is 15.1. The minimum atomic E-state index is 0.791. The summed E-state index contributed by atoms with van der Waals surface area (Å²) >= 11 is 0. The molecule has 0 unspecified atom stereocenters. The van der Waals surface area contributed by atoms with E-state index in [2.05, 4.69) is 49.3 Å². The van der Waals surface area contributed by atoms with Crippen LogP contribution >= 0.6 is 0 Å². The van der Waals surface area contributed by atoms with Gasteiger partial charge in [0.1, 0.15) is 0 Å². The number of hydrogen-bond donors (Lipinski definition) is 2. The maximum Gasteiger partial charge on any atom is 0.0850 e. The highest BCUT2D eigenvalue weighted by molar-refractivity contribution is 5.34. The summed E-state index contributed by atoms with van der Waals surface area (Å²) in [7, 11) is 0. The van der Waals surface area contributed by atoms with Crippen LogP contribution in [0, 0.1) is 0 Å². The first-order chi connectivity index (χ1) is 7.31. The third-order valence-corrected chi connectivity index (χ3v) is 2.56. The molecule has 0 aliphatic carbocycles. The normalized spacial score (nSPS) is 15.1. The predicted molar refractivity (Wildman–Crippen MR) is 66.2 cm³/mol. The van der Waals surface area contributed by atoms with Gasteiger partial charge in [0.2, 0.25) is 0 Å². The summed E-state index contributed by atoms with van der Waals surface area (Å²) in [6.45, 7) is 8.92. The van der Waals surface area contributed by atoms with Crippen LogP contribution in [0.15, 0.2) is 47.9 Å². The van der Waals surface area contributed by atoms with Gasteiger partial charge in [-0.1, -0.05) is 38.2 Å². The lowest BCUT2D eigenvalue weighted by molar-refractivity contribution is 0.812. The van der Waals surface area contributed by atoms with Crippen LogP contribution in [0.5, 0.6) is 0 Å². The molecule has 0 radical (unpaired) electrons. The Hall–Kier alpha value is -1.44. The molecule has 0 aromatic rings. The molecule has 1 rings (SSSR count). The van der Waals surface area contributed by atoms with Gasteiger partial charge in [-0.25, -0.2) is 0 Å². The van der Waals surface area contributed by atoms with Crippen LogP contribution in [0.4, 0.5) is 0 Å². The van der Waals surface area contributed by atoms with Crippen LogP contribution < -0.4 is 10.6 Å². The largest absolute Gasteiger partial charge is 0.366 e. The molecule has 82 valence electrons. The average molecular weight is 204 g/mol. The molecular formula is C13H20N2. The predicted octanol–water partition coefficient (Wildman–Crippen LogP) is 2.84. The minimum Gasteiger partial charge on any atom is -0.366 e. The number of nitrogens with one attached hydrogen (secondary N) is 2. The van der Waals surface area contributed by atoms with E-state index in [0.29, 0.717) is 0 Å². The van der Waals surface area contributed by atoms with Crippen molar-refractivity contribution >= 4 is 0 Å². The molecule has 0 aromatic heterocycles. The Morgan fingerprint density at radius 3 is 2.53 bits per heavy atom. The molecule has 1 aliphatic rings. The number of rotatable bonds is 5. The van der Waals surface area contributed by atoms with Crippen LogP contribution in [-0.4, -0.2) is 6.67 Å². The smallest absolute Gasteiger partial charge is 0.0850 e. The zero-order valence-corrected chi connectivity index (χ0v) is 9.64. The number of allylic oxidation sites excluding steroid dienone is 5. The Bertz CT molecular complexity index is 302. The Balaban J connectivity index is 2.65. The maximum atomic E-state index is 3.76. The number of hydrogen-bond acceptors (Lipinski definition) is 2. The molecule has 2 nitrogen and oxygen atoms in total. The van der Waals surface area contributed by atoms with Gasteiger partial charge in [-0.3, -0.25) is 0 Å². The first-order valence-electron chi connectivity index (χ1n) is 5.52.